The molecule has 2 N–H and O–H groups in total. The highest BCUT2D eigenvalue weighted by molar-refractivity contribution is 5.90. The van der Waals surface area contributed by atoms with Crippen molar-refractivity contribution in [2.75, 3.05) is 28.7 Å². The molecule has 7 nitrogen and oxygen atoms in total. The predicted molar refractivity (Wildman–Crippen MR) is 126 cm³/mol. The van der Waals surface area contributed by atoms with Gasteiger partial charge in [-0.05, 0) is 47.4 Å². The van der Waals surface area contributed by atoms with Crippen LogP contribution in [0.2, 0.25) is 0 Å². The van der Waals surface area contributed by atoms with E-state index in [0.717, 1.165) is 37.2 Å². The maximum atomic E-state index is 4.61. The van der Waals surface area contributed by atoms with Gasteiger partial charge in [-0.1, -0.05) is 54.6 Å². The van der Waals surface area contributed by atoms with Crippen molar-refractivity contribution in [1.82, 2.24) is 15.0 Å². The Hall–Kier alpha value is -4.00. The zero-order valence-corrected chi connectivity index (χ0v) is 17.1. The third kappa shape index (κ3) is 4.61. The van der Waals surface area contributed by atoms with Crippen LogP contribution in [0.25, 0.3) is 10.8 Å². The SMILES string of the molecule is C(=NNc1nc(Nc2ccccc2)nc(N2CCCC2)n1)c1ccc2ccccc2c1. The first kappa shape index (κ1) is 19.0. The molecule has 2 heterocycles. The van der Waals surface area contributed by atoms with Gasteiger partial charge in [-0.2, -0.15) is 20.1 Å². The van der Waals surface area contributed by atoms with Crippen molar-refractivity contribution in [2.24, 2.45) is 5.10 Å². The summed E-state index contributed by atoms with van der Waals surface area (Å²) in [4.78, 5) is 15.9. The average molecular weight is 409 g/mol. The molecule has 1 aliphatic rings. The van der Waals surface area contributed by atoms with Crippen LogP contribution in [0.15, 0.2) is 77.9 Å². The van der Waals surface area contributed by atoms with Gasteiger partial charge in [-0.25, -0.2) is 5.43 Å². The number of benzene rings is 3. The molecule has 1 fully saturated rings. The summed E-state index contributed by atoms with van der Waals surface area (Å²) in [6.45, 7) is 1.91. The second-order valence-electron chi connectivity index (χ2n) is 7.44. The quantitative estimate of drug-likeness (QED) is 0.351. The minimum Gasteiger partial charge on any atom is -0.341 e. The van der Waals surface area contributed by atoms with Gasteiger partial charge in [0, 0.05) is 18.8 Å². The van der Waals surface area contributed by atoms with Gasteiger partial charge < -0.3 is 10.2 Å². The number of hydrogen-bond donors (Lipinski definition) is 2. The highest BCUT2D eigenvalue weighted by Gasteiger charge is 2.17. The van der Waals surface area contributed by atoms with Crippen LogP contribution in [-0.2, 0) is 0 Å². The van der Waals surface area contributed by atoms with Crippen molar-refractivity contribution >= 4 is 40.5 Å². The molecule has 0 saturated carbocycles. The van der Waals surface area contributed by atoms with Crippen molar-refractivity contribution in [2.45, 2.75) is 12.8 Å². The molecule has 4 aromatic rings. The van der Waals surface area contributed by atoms with Crippen LogP contribution in [-0.4, -0.2) is 34.3 Å². The minimum absolute atomic E-state index is 0.410. The molecule has 31 heavy (non-hydrogen) atoms. The molecular weight excluding hydrogens is 386 g/mol. The molecule has 0 spiro atoms. The van der Waals surface area contributed by atoms with Crippen LogP contribution < -0.4 is 15.6 Å². The standard InChI is InChI=1S/C24H23N7/c1-2-10-21(11-3-1)26-22-27-23(29-24(28-22)31-14-6-7-15-31)30-25-17-18-12-13-19-8-4-5-9-20(19)16-18/h1-5,8-13,16-17H,6-7,14-15H2,(H2,26,27,28,29,30). The van der Waals surface area contributed by atoms with Gasteiger partial charge in [0.05, 0.1) is 6.21 Å². The Balaban J connectivity index is 1.38. The molecule has 5 rings (SSSR count). The zero-order chi connectivity index (χ0) is 20.9. The van der Waals surface area contributed by atoms with E-state index in [1.54, 1.807) is 6.21 Å². The Morgan fingerprint density at radius 1 is 0.774 bits per heavy atom. The molecule has 0 aliphatic carbocycles. The predicted octanol–water partition coefficient (Wildman–Crippen LogP) is 4.81. The van der Waals surface area contributed by atoms with Gasteiger partial charge in [-0.15, -0.1) is 0 Å². The minimum atomic E-state index is 0.410. The van der Waals surface area contributed by atoms with E-state index in [1.165, 1.54) is 10.8 Å². The second kappa shape index (κ2) is 8.79. The van der Waals surface area contributed by atoms with Gasteiger partial charge in [0.1, 0.15) is 0 Å². The molecule has 1 aromatic heterocycles. The number of hydrazone groups is 1. The van der Waals surface area contributed by atoms with Crippen molar-refractivity contribution in [3.63, 3.8) is 0 Å². The smallest absolute Gasteiger partial charge is 0.250 e. The molecular formula is C24H23N7. The summed E-state index contributed by atoms with van der Waals surface area (Å²) in [5.74, 6) is 1.56. The second-order valence-corrected chi connectivity index (χ2v) is 7.44. The van der Waals surface area contributed by atoms with Crippen LogP contribution >= 0.6 is 0 Å². The molecule has 0 amide bonds. The Morgan fingerprint density at radius 2 is 1.52 bits per heavy atom. The summed E-state index contributed by atoms with van der Waals surface area (Å²) in [6, 6.07) is 24.4. The van der Waals surface area contributed by atoms with Crippen molar-refractivity contribution in [3.8, 4) is 0 Å². The normalized spacial score (nSPS) is 13.7. The van der Waals surface area contributed by atoms with Gasteiger partial charge in [0.25, 0.3) is 0 Å². The van der Waals surface area contributed by atoms with Gasteiger partial charge in [-0.3, -0.25) is 0 Å². The molecule has 1 aliphatic heterocycles. The van der Waals surface area contributed by atoms with E-state index in [0.29, 0.717) is 17.8 Å². The van der Waals surface area contributed by atoms with E-state index in [4.69, 9.17) is 0 Å². The molecule has 3 aromatic carbocycles. The number of anilines is 4. The van der Waals surface area contributed by atoms with Gasteiger partial charge in [0.15, 0.2) is 0 Å². The Morgan fingerprint density at radius 3 is 2.35 bits per heavy atom. The third-order valence-electron chi connectivity index (χ3n) is 5.19. The van der Waals surface area contributed by atoms with Gasteiger partial charge in [0.2, 0.25) is 17.8 Å². The van der Waals surface area contributed by atoms with E-state index in [-0.39, 0.29) is 0 Å². The lowest BCUT2D eigenvalue weighted by molar-refractivity contribution is 0.883. The number of hydrogen-bond acceptors (Lipinski definition) is 7. The summed E-state index contributed by atoms with van der Waals surface area (Å²) >= 11 is 0. The summed E-state index contributed by atoms with van der Waals surface area (Å²) in [7, 11) is 0. The van der Waals surface area contributed by atoms with Crippen molar-refractivity contribution in [3.05, 3.63) is 78.4 Å². The number of nitrogens with zero attached hydrogens (tertiary/aromatic N) is 5. The van der Waals surface area contributed by atoms with E-state index in [1.807, 2.05) is 48.5 Å². The number of nitrogens with one attached hydrogen (secondary N) is 2. The topological polar surface area (TPSA) is 78.3 Å². The number of fused-ring (bicyclic) bond motifs is 1. The van der Waals surface area contributed by atoms with Crippen LogP contribution in [0.1, 0.15) is 18.4 Å². The van der Waals surface area contributed by atoms with Crippen LogP contribution in [0, 0.1) is 0 Å². The van der Waals surface area contributed by atoms with E-state index >= 15 is 0 Å². The fraction of sp³-hybridized carbons (Fsp3) is 0.167. The summed E-state index contributed by atoms with van der Waals surface area (Å²) in [6.07, 6.45) is 4.07. The van der Waals surface area contributed by atoms with Crippen LogP contribution in [0.5, 0.6) is 0 Å². The number of aromatic nitrogens is 3. The summed E-state index contributed by atoms with van der Waals surface area (Å²) in [5, 5.41) is 10.00. The van der Waals surface area contributed by atoms with E-state index in [9.17, 15) is 0 Å². The van der Waals surface area contributed by atoms with Crippen LogP contribution in [0.3, 0.4) is 0 Å². The first-order chi connectivity index (χ1) is 15.3. The van der Waals surface area contributed by atoms with Crippen LogP contribution in [0.4, 0.5) is 23.5 Å². The van der Waals surface area contributed by atoms with Gasteiger partial charge >= 0.3 is 0 Å². The molecule has 154 valence electrons. The van der Waals surface area contributed by atoms with E-state index in [2.05, 4.69) is 60.0 Å². The first-order valence-electron chi connectivity index (χ1n) is 10.4. The maximum Gasteiger partial charge on any atom is 0.250 e. The molecule has 0 radical (unpaired) electrons. The number of para-hydroxylation sites is 1. The van der Waals surface area contributed by atoms with Crippen molar-refractivity contribution in [1.29, 1.82) is 0 Å². The Labute approximate surface area is 180 Å². The largest absolute Gasteiger partial charge is 0.341 e. The Bertz CT molecular complexity index is 1200. The summed E-state index contributed by atoms with van der Waals surface area (Å²) < 4.78 is 0. The fourth-order valence-electron chi connectivity index (χ4n) is 3.63. The third-order valence-corrected chi connectivity index (χ3v) is 5.19. The molecule has 7 heteroatoms. The molecule has 0 atom stereocenters. The lowest BCUT2D eigenvalue weighted by atomic mass is 10.1. The molecule has 0 unspecified atom stereocenters. The highest BCUT2D eigenvalue weighted by Crippen LogP contribution is 2.21. The fourth-order valence-corrected chi connectivity index (χ4v) is 3.63. The highest BCUT2D eigenvalue weighted by atomic mass is 15.4. The monoisotopic (exact) mass is 409 g/mol. The average Bonchev–Trinajstić information content (AvgIpc) is 3.35. The zero-order valence-electron chi connectivity index (χ0n) is 17.1. The summed E-state index contributed by atoms with van der Waals surface area (Å²) in [5.41, 5.74) is 4.90. The Kier molecular flexibility index (Phi) is 5.38. The lowest BCUT2D eigenvalue weighted by Crippen LogP contribution is -2.21. The number of rotatable bonds is 6. The lowest BCUT2D eigenvalue weighted by Gasteiger charge is -2.16. The maximum absolute atomic E-state index is 4.61. The molecule has 1 saturated heterocycles. The first-order valence-corrected chi connectivity index (χ1v) is 10.4. The van der Waals surface area contributed by atoms with Crippen molar-refractivity contribution < 1.29 is 0 Å². The molecule has 0 bridgehead atoms. The van der Waals surface area contributed by atoms with E-state index < -0.39 is 0 Å².